The molecule has 0 aliphatic carbocycles. The molecule has 0 saturated heterocycles. The Morgan fingerprint density at radius 2 is 1.55 bits per heavy atom. The number of hydrogen-bond donors (Lipinski definition) is 3. The molecule has 0 spiro atoms. The molecular weight excluding hydrogens is 282 g/mol. The Morgan fingerprint density at radius 1 is 0.909 bits per heavy atom. The summed E-state index contributed by atoms with van der Waals surface area (Å²) in [4.78, 5) is 35.1. The highest BCUT2D eigenvalue weighted by Crippen LogP contribution is 2.04. The first-order chi connectivity index (χ1) is 10.3. The molecule has 1 unspecified atom stereocenters. The van der Waals surface area contributed by atoms with E-state index < -0.39 is 6.04 Å². The maximum atomic E-state index is 12.1. The molecular formula is C16H31N3O3. The lowest BCUT2D eigenvalue weighted by atomic mass is 10.1. The highest BCUT2D eigenvalue weighted by molar-refractivity contribution is 5.88. The molecule has 6 nitrogen and oxygen atoms in total. The van der Waals surface area contributed by atoms with Gasteiger partial charge in [0.2, 0.25) is 17.7 Å². The Balaban J connectivity index is 4.31. The van der Waals surface area contributed by atoms with Gasteiger partial charge in [0.1, 0.15) is 6.04 Å². The number of carbonyl (C=O) groups excluding carboxylic acids is 3. The highest BCUT2D eigenvalue weighted by atomic mass is 16.2. The Morgan fingerprint density at radius 3 is 2.05 bits per heavy atom. The van der Waals surface area contributed by atoms with Gasteiger partial charge in [0.05, 0.1) is 0 Å². The van der Waals surface area contributed by atoms with Crippen LogP contribution in [0.3, 0.4) is 0 Å². The molecule has 0 aliphatic heterocycles. The summed E-state index contributed by atoms with van der Waals surface area (Å²) in [5.74, 6) is -0.398. The summed E-state index contributed by atoms with van der Waals surface area (Å²) in [5, 5.41) is 8.43. The quantitative estimate of drug-likeness (QED) is 0.532. The average Bonchev–Trinajstić information content (AvgIpc) is 2.44. The monoisotopic (exact) mass is 313 g/mol. The minimum absolute atomic E-state index is 0.0298. The molecule has 0 fully saturated rings. The number of amides is 3. The van der Waals surface area contributed by atoms with Crippen molar-refractivity contribution in [3.63, 3.8) is 0 Å². The molecule has 0 aliphatic rings. The minimum atomic E-state index is -0.515. The molecule has 0 aromatic carbocycles. The number of nitrogens with one attached hydrogen (secondary N) is 3. The predicted molar refractivity (Wildman–Crippen MR) is 87.2 cm³/mol. The van der Waals surface area contributed by atoms with Crippen LogP contribution in [0.4, 0.5) is 0 Å². The van der Waals surface area contributed by atoms with Crippen LogP contribution in [0.2, 0.25) is 0 Å². The summed E-state index contributed by atoms with van der Waals surface area (Å²) in [6, 6.07) is -0.478. The third kappa shape index (κ3) is 9.37. The van der Waals surface area contributed by atoms with Crippen LogP contribution in [0.15, 0.2) is 0 Å². The molecule has 3 amide bonds. The SMILES string of the molecule is CCC(=O)NCCCCC(NC(=O)C(C)C)C(=O)NC(C)C. The number of unbranched alkanes of at least 4 members (excludes halogenated alkanes) is 1. The van der Waals surface area contributed by atoms with Gasteiger partial charge in [0.25, 0.3) is 0 Å². The summed E-state index contributed by atoms with van der Waals surface area (Å²) in [6.07, 6.45) is 2.59. The van der Waals surface area contributed by atoms with Crippen LogP contribution < -0.4 is 16.0 Å². The molecule has 6 heteroatoms. The molecule has 0 rings (SSSR count). The molecule has 0 saturated carbocycles. The summed E-state index contributed by atoms with van der Waals surface area (Å²) < 4.78 is 0. The van der Waals surface area contributed by atoms with Crippen LogP contribution in [0.1, 0.15) is 60.3 Å². The normalized spacial score (nSPS) is 12.1. The Kier molecular flexibility index (Phi) is 10.2. The fourth-order valence-corrected chi connectivity index (χ4v) is 1.82. The van der Waals surface area contributed by atoms with Gasteiger partial charge in [-0.2, -0.15) is 0 Å². The highest BCUT2D eigenvalue weighted by Gasteiger charge is 2.21. The molecule has 0 aromatic rings. The lowest BCUT2D eigenvalue weighted by Gasteiger charge is -2.21. The van der Waals surface area contributed by atoms with Gasteiger partial charge in [-0.15, -0.1) is 0 Å². The van der Waals surface area contributed by atoms with Crippen molar-refractivity contribution in [1.82, 2.24) is 16.0 Å². The van der Waals surface area contributed by atoms with E-state index in [1.807, 2.05) is 20.8 Å². The predicted octanol–water partition coefficient (Wildman–Crippen LogP) is 1.35. The van der Waals surface area contributed by atoms with E-state index in [4.69, 9.17) is 0 Å². The zero-order valence-corrected chi connectivity index (χ0v) is 14.5. The van der Waals surface area contributed by atoms with Crippen molar-refractivity contribution in [3.8, 4) is 0 Å². The van der Waals surface area contributed by atoms with E-state index in [0.717, 1.165) is 12.8 Å². The number of rotatable bonds is 10. The van der Waals surface area contributed by atoms with Crippen molar-refractivity contribution in [2.45, 2.75) is 72.4 Å². The van der Waals surface area contributed by atoms with Crippen molar-refractivity contribution in [2.24, 2.45) is 5.92 Å². The lowest BCUT2D eigenvalue weighted by molar-refractivity contribution is -0.131. The van der Waals surface area contributed by atoms with Crippen LogP contribution >= 0.6 is 0 Å². The summed E-state index contributed by atoms with van der Waals surface area (Å²) in [7, 11) is 0. The second-order valence-electron chi connectivity index (χ2n) is 6.08. The van der Waals surface area contributed by atoms with Gasteiger partial charge < -0.3 is 16.0 Å². The number of hydrogen-bond acceptors (Lipinski definition) is 3. The van der Waals surface area contributed by atoms with Gasteiger partial charge in [-0.25, -0.2) is 0 Å². The minimum Gasteiger partial charge on any atom is -0.356 e. The maximum Gasteiger partial charge on any atom is 0.242 e. The van der Waals surface area contributed by atoms with Crippen molar-refractivity contribution in [1.29, 1.82) is 0 Å². The van der Waals surface area contributed by atoms with E-state index in [0.29, 0.717) is 19.4 Å². The molecule has 3 N–H and O–H groups in total. The van der Waals surface area contributed by atoms with Crippen LogP contribution in [-0.2, 0) is 14.4 Å². The second kappa shape index (κ2) is 11.0. The van der Waals surface area contributed by atoms with Crippen LogP contribution in [0, 0.1) is 5.92 Å². The van der Waals surface area contributed by atoms with Crippen molar-refractivity contribution in [3.05, 3.63) is 0 Å². The lowest BCUT2D eigenvalue weighted by Crippen LogP contribution is -2.49. The molecule has 0 bridgehead atoms. The maximum absolute atomic E-state index is 12.1. The first-order valence-electron chi connectivity index (χ1n) is 8.15. The van der Waals surface area contributed by atoms with Gasteiger partial charge in [-0.05, 0) is 33.1 Å². The first-order valence-corrected chi connectivity index (χ1v) is 8.15. The third-order valence-electron chi connectivity index (χ3n) is 3.15. The Labute approximate surface area is 133 Å². The molecule has 0 radical (unpaired) electrons. The van der Waals surface area contributed by atoms with E-state index in [1.165, 1.54) is 0 Å². The zero-order chi connectivity index (χ0) is 17.1. The topological polar surface area (TPSA) is 87.3 Å². The second-order valence-corrected chi connectivity index (χ2v) is 6.08. The fraction of sp³-hybridized carbons (Fsp3) is 0.812. The zero-order valence-electron chi connectivity index (χ0n) is 14.5. The van der Waals surface area contributed by atoms with Crippen LogP contribution in [-0.4, -0.2) is 36.3 Å². The van der Waals surface area contributed by atoms with Gasteiger partial charge in [-0.1, -0.05) is 20.8 Å². The van der Waals surface area contributed by atoms with Crippen LogP contribution in [0.5, 0.6) is 0 Å². The van der Waals surface area contributed by atoms with Crippen molar-refractivity contribution < 1.29 is 14.4 Å². The van der Waals surface area contributed by atoms with Gasteiger partial charge in [0.15, 0.2) is 0 Å². The summed E-state index contributed by atoms with van der Waals surface area (Å²) >= 11 is 0. The van der Waals surface area contributed by atoms with E-state index in [2.05, 4.69) is 16.0 Å². The largest absolute Gasteiger partial charge is 0.356 e. The Bertz CT molecular complexity index is 368. The summed E-state index contributed by atoms with van der Waals surface area (Å²) in [5.41, 5.74) is 0. The smallest absolute Gasteiger partial charge is 0.242 e. The van der Waals surface area contributed by atoms with Gasteiger partial charge in [0, 0.05) is 24.9 Å². The van der Waals surface area contributed by atoms with E-state index >= 15 is 0 Å². The van der Waals surface area contributed by atoms with E-state index in [9.17, 15) is 14.4 Å². The molecule has 0 aromatic heterocycles. The van der Waals surface area contributed by atoms with Gasteiger partial charge in [-0.3, -0.25) is 14.4 Å². The van der Waals surface area contributed by atoms with Crippen molar-refractivity contribution in [2.75, 3.05) is 6.54 Å². The first kappa shape index (κ1) is 20.4. The number of carbonyl (C=O) groups is 3. The molecule has 22 heavy (non-hydrogen) atoms. The molecule has 1 atom stereocenters. The van der Waals surface area contributed by atoms with Crippen LogP contribution in [0.25, 0.3) is 0 Å². The molecule has 0 heterocycles. The van der Waals surface area contributed by atoms with E-state index in [1.54, 1.807) is 13.8 Å². The fourth-order valence-electron chi connectivity index (χ4n) is 1.82. The molecule has 128 valence electrons. The van der Waals surface area contributed by atoms with Gasteiger partial charge >= 0.3 is 0 Å². The average molecular weight is 313 g/mol. The third-order valence-corrected chi connectivity index (χ3v) is 3.15. The summed E-state index contributed by atoms with van der Waals surface area (Å²) in [6.45, 7) is 9.78. The standard InChI is InChI=1S/C16H31N3O3/c1-6-14(20)17-10-8-7-9-13(16(22)18-12(4)5)19-15(21)11(2)3/h11-13H,6-10H2,1-5H3,(H,17,20)(H,18,22)(H,19,21). The Hall–Kier alpha value is -1.59. The van der Waals surface area contributed by atoms with Crippen molar-refractivity contribution >= 4 is 17.7 Å². The van der Waals surface area contributed by atoms with E-state index in [-0.39, 0.29) is 29.7 Å².